The third kappa shape index (κ3) is 3.47. The molecule has 96 valence electrons. The summed E-state index contributed by atoms with van der Waals surface area (Å²) in [6.45, 7) is 1.90. The van der Waals surface area contributed by atoms with E-state index in [1.807, 2.05) is 0 Å². The number of rotatable bonds is 5. The number of hydrogen-bond acceptors (Lipinski definition) is 5. The van der Waals surface area contributed by atoms with Crippen molar-refractivity contribution in [2.24, 2.45) is 18.9 Å². The van der Waals surface area contributed by atoms with Crippen molar-refractivity contribution in [1.29, 1.82) is 0 Å². The average molecular weight is 239 g/mol. The summed E-state index contributed by atoms with van der Waals surface area (Å²) in [5, 5.41) is 24.5. The quantitative estimate of drug-likeness (QED) is 0.762. The van der Waals surface area contributed by atoms with Crippen LogP contribution in [0.1, 0.15) is 31.5 Å². The number of aryl methyl sites for hydroxylation is 1. The third-order valence-corrected chi connectivity index (χ3v) is 3.54. The van der Waals surface area contributed by atoms with Crippen molar-refractivity contribution in [3.63, 3.8) is 0 Å². The molecule has 2 atom stereocenters. The lowest BCUT2D eigenvalue weighted by Gasteiger charge is -2.30. The van der Waals surface area contributed by atoms with E-state index in [-0.39, 0.29) is 0 Å². The number of aliphatic hydroxyl groups excluding tert-OH is 1. The Kier molecular flexibility index (Phi) is 4.44. The fourth-order valence-corrected chi connectivity index (χ4v) is 2.56. The van der Waals surface area contributed by atoms with Crippen LogP contribution >= 0.6 is 0 Å². The van der Waals surface area contributed by atoms with Gasteiger partial charge in [-0.2, -0.15) is 4.80 Å². The predicted octanol–water partition coefficient (Wildman–Crippen LogP) is 0.0984. The molecule has 1 fully saturated rings. The van der Waals surface area contributed by atoms with Gasteiger partial charge >= 0.3 is 0 Å². The van der Waals surface area contributed by atoms with E-state index >= 15 is 0 Å². The van der Waals surface area contributed by atoms with Gasteiger partial charge in [0, 0.05) is 6.61 Å². The van der Waals surface area contributed by atoms with E-state index < -0.39 is 0 Å². The maximum Gasteiger partial charge on any atom is 0.188 e. The fraction of sp³-hybridized carbons (Fsp3) is 0.909. The van der Waals surface area contributed by atoms with Gasteiger partial charge in [0.05, 0.1) is 13.6 Å². The Hall–Kier alpha value is -1.01. The van der Waals surface area contributed by atoms with Crippen LogP contribution in [0.15, 0.2) is 0 Å². The monoisotopic (exact) mass is 239 g/mol. The molecule has 1 heterocycles. The van der Waals surface area contributed by atoms with Gasteiger partial charge in [-0.25, -0.2) is 0 Å². The van der Waals surface area contributed by atoms with E-state index in [0.717, 1.165) is 18.8 Å². The smallest absolute Gasteiger partial charge is 0.188 e. The Balaban J connectivity index is 1.73. The predicted molar refractivity (Wildman–Crippen MR) is 63.0 cm³/mol. The highest BCUT2D eigenvalue weighted by Gasteiger charge is 2.23. The van der Waals surface area contributed by atoms with Gasteiger partial charge in [-0.3, -0.25) is 0 Å². The Morgan fingerprint density at radius 1 is 1.35 bits per heavy atom. The summed E-state index contributed by atoms with van der Waals surface area (Å²) in [5.74, 6) is 1.78. The van der Waals surface area contributed by atoms with Crippen LogP contribution < -0.4 is 5.32 Å². The minimum atomic E-state index is 0.315. The van der Waals surface area contributed by atoms with Gasteiger partial charge in [0.15, 0.2) is 5.82 Å². The van der Waals surface area contributed by atoms with Crippen LogP contribution in [-0.2, 0) is 13.6 Å². The normalized spacial score (nSPS) is 25.1. The van der Waals surface area contributed by atoms with Crippen LogP contribution in [-0.4, -0.2) is 38.5 Å². The van der Waals surface area contributed by atoms with Gasteiger partial charge in [-0.05, 0) is 36.4 Å². The van der Waals surface area contributed by atoms with Crippen molar-refractivity contribution in [3.05, 3.63) is 5.82 Å². The van der Waals surface area contributed by atoms with Gasteiger partial charge in [0.2, 0.25) is 0 Å². The molecule has 1 saturated carbocycles. The summed E-state index contributed by atoms with van der Waals surface area (Å²) in [4.78, 5) is 1.47. The summed E-state index contributed by atoms with van der Waals surface area (Å²) in [6.07, 6.45) is 4.91. The average Bonchev–Trinajstić information content (AvgIpc) is 2.76. The third-order valence-electron chi connectivity index (χ3n) is 3.54. The highest BCUT2D eigenvalue weighted by Crippen LogP contribution is 2.28. The first kappa shape index (κ1) is 12.4. The molecule has 0 amide bonds. The summed E-state index contributed by atoms with van der Waals surface area (Å²) < 4.78 is 0. The first-order valence-corrected chi connectivity index (χ1v) is 6.34. The van der Waals surface area contributed by atoms with Crippen LogP contribution in [0, 0.1) is 11.8 Å². The molecule has 0 aliphatic heterocycles. The van der Waals surface area contributed by atoms with Crippen molar-refractivity contribution in [1.82, 2.24) is 25.5 Å². The second-order valence-corrected chi connectivity index (χ2v) is 4.81. The summed E-state index contributed by atoms with van der Waals surface area (Å²) in [5.41, 5.74) is 0. The standard InChI is InChI=1S/C11H21N5O/c1-16-14-11(13-15-16)7-12-6-9-4-2-3-5-10(9)8-17/h9-10,12,17H,2-8H2,1H3. The van der Waals surface area contributed by atoms with E-state index in [4.69, 9.17) is 0 Å². The molecule has 0 spiro atoms. The second kappa shape index (κ2) is 6.07. The van der Waals surface area contributed by atoms with Crippen LogP contribution in [0.2, 0.25) is 0 Å². The molecule has 6 heteroatoms. The number of tetrazole rings is 1. The number of aromatic nitrogens is 4. The molecule has 6 nitrogen and oxygen atoms in total. The zero-order chi connectivity index (χ0) is 12.1. The Morgan fingerprint density at radius 2 is 2.12 bits per heavy atom. The van der Waals surface area contributed by atoms with E-state index in [1.165, 1.54) is 24.1 Å². The zero-order valence-electron chi connectivity index (χ0n) is 10.3. The Bertz CT molecular complexity index is 340. The molecule has 1 aliphatic carbocycles. The highest BCUT2D eigenvalue weighted by atomic mass is 16.3. The maximum atomic E-state index is 9.32. The lowest BCUT2D eigenvalue weighted by molar-refractivity contribution is 0.133. The largest absolute Gasteiger partial charge is 0.396 e. The Labute approximate surface area is 101 Å². The molecule has 2 N–H and O–H groups in total. The molecule has 2 unspecified atom stereocenters. The lowest BCUT2D eigenvalue weighted by atomic mass is 9.79. The molecular weight excluding hydrogens is 218 g/mol. The van der Waals surface area contributed by atoms with Crippen LogP contribution in [0.25, 0.3) is 0 Å². The van der Waals surface area contributed by atoms with Crippen molar-refractivity contribution in [3.8, 4) is 0 Å². The van der Waals surface area contributed by atoms with E-state index in [2.05, 4.69) is 20.7 Å². The molecule has 17 heavy (non-hydrogen) atoms. The number of aliphatic hydroxyl groups is 1. The molecule has 0 radical (unpaired) electrons. The van der Waals surface area contributed by atoms with Gasteiger partial charge in [-0.15, -0.1) is 10.2 Å². The summed E-state index contributed by atoms with van der Waals surface area (Å²) >= 11 is 0. The molecule has 1 aromatic rings. The molecule has 2 rings (SSSR count). The maximum absolute atomic E-state index is 9.32. The highest BCUT2D eigenvalue weighted by molar-refractivity contribution is 4.79. The van der Waals surface area contributed by atoms with Crippen molar-refractivity contribution >= 4 is 0 Å². The topological polar surface area (TPSA) is 75.9 Å². The second-order valence-electron chi connectivity index (χ2n) is 4.81. The first-order valence-electron chi connectivity index (χ1n) is 6.34. The van der Waals surface area contributed by atoms with Crippen molar-refractivity contribution < 1.29 is 5.11 Å². The lowest BCUT2D eigenvalue weighted by Crippen LogP contribution is -2.32. The van der Waals surface area contributed by atoms with Gasteiger partial charge in [0.1, 0.15) is 0 Å². The van der Waals surface area contributed by atoms with Crippen LogP contribution in [0.4, 0.5) is 0 Å². The van der Waals surface area contributed by atoms with Crippen LogP contribution in [0.3, 0.4) is 0 Å². The number of hydrogen-bond donors (Lipinski definition) is 2. The summed E-state index contributed by atoms with van der Waals surface area (Å²) in [6, 6.07) is 0. The molecule has 0 aromatic carbocycles. The number of nitrogens with zero attached hydrogens (tertiary/aromatic N) is 4. The minimum absolute atomic E-state index is 0.315. The van der Waals surface area contributed by atoms with Crippen molar-refractivity contribution in [2.75, 3.05) is 13.2 Å². The first-order chi connectivity index (χ1) is 8.29. The van der Waals surface area contributed by atoms with Gasteiger partial charge in [-0.1, -0.05) is 12.8 Å². The molecule has 0 saturated heterocycles. The van der Waals surface area contributed by atoms with Gasteiger partial charge in [0.25, 0.3) is 0 Å². The van der Waals surface area contributed by atoms with Crippen molar-refractivity contribution in [2.45, 2.75) is 32.2 Å². The zero-order valence-corrected chi connectivity index (χ0v) is 10.3. The SMILES string of the molecule is Cn1nnc(CNCC2CCCCC2CO)n1. The summed E-state index contributed by atoms with van der Waals surface area (Å²) in [7, 11) is 1.76. The molecular formula is C11H21N5O. The van der Waals surface area contributed by atoms with E-state index in [1.54, 1.807) is 7.05 Å². The van der Waals surface area contributed by atoms with Gasteiger partial charge < -0.3 is 10.4 Å². The Morgan fingerprint density at radius 3 is 2.76 bits per heavy atom. The molecule has 1 aliphatic rings. The fourth-order valence-electron chi connectivity index (χ4n) is 2.56. The van der Waals surface area contributed by atoms with E-state index in [9.17, 15) is 5.11 Å². The van der Waals surface area contributed by atoms with E-state index in [0.29, 0.717) is 25.0 Å². The molecule has 1 aromatic heterocycles. The number of nitrogens with one attached hydrogen (secondary N) is 1. The van der Waals surface area contributed by atoms with Crippen LogP contribution in [0.5, 0.6) is 0 Å². The molecule has 0 bridgehead atoms. The minimum Gasteiger partial charge on any atom is -0.396 e.